The summed E-state index contributed by atoms with van der Waals surface area (Å²) in [6.45, 7) is 5.93. The van der Waals surface area contributed by atoms with E-state index in [1.807, 2.05) is 90.1 Å². The quantitative estimate of drug-likeness (QED) is 0.197. The van der Waals surface area contributed by atoms with Gasteiger partial charge in [-0.15, -0.1) is 0 Å². The molecule has 0 radical (unpaired) electrons. The molecule has 202 valence electrons. The van der Waals surface area contributed by atoms with Crippen LogP contribution in [0.5, 0.6) is 0 Å². The van der Waals surface area contributed by atoms with Crippen LogP contribution in [-0.4, -0.2) is 50.5 Å². The van der Waals surface area contributed by atoms with Gasteiger partial charge in [0.1, 0.15) is 5.69 Å². The van der Waals surface area contributed by atoms with Gasteiger partial charge in [-0.2, -0.15) is 5.10 Å². The number of nitrogens with one attached hydrogen (secondary N) is 1. The van der Waals surface area contributed by atoms with Crippen LogP contribution in [0.25, 0.3) is 5.65 Å². The van der Waals surface area contributed by atoms with Crippen LogP contribution in [0, 0.1) is 25.7 Å². The molecule has 1 N–H and O–H groups in total. The van der Waals surface area contributed by atoms with Crippen LogP contribution in [0.3, 0.4) is 0 Å². The fraction of sp³-hybridized carbons (Fsp3) is 0.242. The number of hydrogen-bond donors (Lipinski definition) is 1. The van der Waals surface area contributed by atoms with Gasteiger partial charge in [-0.1, -0.05) is 47.9 Å². The van der Waals surface area contributed by atoms with E-state index in [1.54, 1.807) is 6.20 Å². The third-order valence-corrected chi connectivity index (χ3v) is 6.77. The van der Waals surface area contributed by atoms with Gasteiger partial charge in [-0.05, 0) is 76.2 Å². The van der Waals surface area contributed by atoms with E-state index in [2.05, 4.69) is 52.3 Å². The fourth-order valence-electron chi connectivity index (χ4n) is 4.63. The number of rotatable bonds is 9. The summed E-state index contributed by atoms with van der Waals surface area (Å²) in [5.41, 5.74) is 8.05. The number of Topliss-reactive ketones (excluding diaryl/α,β-unsaturated/α-hetero) is 1. The van der Waals surface area contributed by atoms with Crippen LogP contribution in [0.1, 0.15) is 44.7 Å². The Balaban J connectivity index is 1.33. The van der Waals surface area contributed by atoms with Gasteiger partial charge in [0, 0.05) is 36.5 Å². The number of carbonyl (C=O) groups is 1. The van der Waals surface area contributed by atoms with Crippen molar-refractivity contribution in [2.24, 2.45) is 0 Å². The van der Waals surface area contributed by atoms with Crippen molar-refractivity contribution in [1.82, 2.24) is 24.1 Å². The van der Waals surface area contributed by atoms with Crippen LogP contribution in [0.4, 0.5) is 11.4 Å². The number of ketones is 1. The largest absolute Gasteiger partial charge is 0.350 e. The van der Waals surface area contributed by atoms with Crippen LogP contribution < -0.4 is 5.32 Å². The van der Waals surface area contributed by atoms with Crippen LogP contribution >= 0.6 is 0 Å². The Bertz CT molecular complexity index is 1720. The molecule has 0 saturated carbocycles. The number of pyridine rings is 1. The summed E-state index contributed by atoms with van der Waals surface area (Å²) >= 11 is 0. The van der Waals surface area contributed by atoms with Crippen molar-refractivity contribution in [1.29, 1.82) is 0 Å². The zero-order valence-electron chi connectivity index (χ0n) is 23.5. The van der Waals surface area contributed by atoms with Gasteiger partial charge in [0.15, 0.2) is 11.4 Å². The molecular weight excluding hydrogens is 496 g/mol. The summed E-state index contributed by atoms with van der Waals surface area (Å²) in [6.07, 6.45) is 8.99. The van der Waals surface area contributed by atoms with E-state index in [0.29, 0.717) is 12.0 Å². The molecule has 0 saturated heterocycles. The number of aryl methyl sites for hydroxylation is 3. The summed E-state index contributed by atoms with van der Waals surface area (Å²) in [5, 5.41) is 7.92. The Morgan fingerprint density at radius 1 is 1.02 bits per heavy atom. The molecule has 0 aliphatic carbocycles. The van der Waals surface area contributed by atoms with E-state index in [9.17, 15) is 4.79 Å². The highest BCUT2D eigenvalue weighted by Gasteiger charge is 2.10. The lowest BCUT2D eigenvalue weighted by Crippen LogP contribution is -2.15. The number of imidazole rings is 1. The molecule has 0 amide bonds. The van der Waals surface area contributed by atoms with Crippen molar-refractivity contribution in [3.05, 3.63) is 113 Å². The lowest BCUT2D eigenvalue weighted by molar-refractivity contribution is 0.0993. The van der Waals surface area contributed by atoms with Crippen molar-refractivity contribution in [3.63, 3.8) is 0 Å². The molecule has 7 nitrogen and oxygen atoms in total. The van der Waals surface area contributed by atoms with Gasteiger partial charge >= 0.3 is 0 Å². The van der Waals surface area contributed by atoms with Gasteiger partial charge in [0.25, 0.3) is 0 Å². The minimum Gasteiger partial charge on any atom is -0.350 e. The lowest BCUT2D eigenvalue weighted by Gasteiger charge is -2.08. The molecule has 5 aromatic rings. The lowest BCUT2D eigenvalue weighted by atomic mass is 9.98. The van der Waals surface area contributed by atoms with E-state index in [4.69, 9.17) is 0 Å². The Labute approximate surface area is 235 Å². The standard InChI is InChI=1S/C33H34N6O/c1-24-8-5-9-26(18-24)19-32(40)28-12-11-25(2)27(20-28)13-14-30-22-34-33-31(10-6-17-39(30)33)36-29-21-35-38(23-29)16-7-15-37(3)4/h5-6,8-12,17-18,20-23,36H,7,15-16,19H2,1-4H3. The zero-order valence-corrected chi connectivity index (χ0v) is 23.5. The molecule has 40 heavy (non-hydrogen) atoms. The first-order chi connectivity index (χ1) is 19.4. The van der Waals surface area contributed by atoms with Crippen LogP contribution in [-0.2, 0) is 13.0 Å². The molecule has 5 rings (SSSR count). The van der Waals surface area contributed by atoms with E-state index in [-0.39, 0.29) is 5.78 Å². The van der Waals surface area contributed by atoms with Gasteiger partial charge < -0.3 is 10.2 Å². The van der Waals surface area contributed by atoms with Gasteiger partial charge in [0.05, 0.1) is 23.8 Å². The first-order valence-electron chi connectivity index (χ1n) is 13.5. The van der Waals surface area contributed by atoms with Gasteiger partial charge in [-0.25, -0.2) is 4.98 Å². The average molecular weight is 531 g/mol. The fourth-order valence-corrected chi connectivity index (χ4v) is 4.63. The molecule has 0 unspecified atom stereocenters. The average Bonchev–Trinajstić information content (AvgIpc) is 3.55. The predicted molar refractivity (Wildman–Crippen MR) is 160 cm³/mol. The highest BCUT2D eigenvalue weighted by molar-refractivity contribution is 5.98. The minimum atomic E-state index is 0.0835. The maximum atomic E-state index is 13.0. The van der Waals surface area contributed by atoms with E-state index >= 15 is 0 Å². The molecule has 0 spiro atoms. The minimum absolute atomic E-state index is 0.0835. The zero-order chi connectivity index (χ0) is 28.1. The number of hydrogen-bond acceptors (Lipinski definition) is 5. The summed E-state index contributed by atoms with van der Waals surface area (Å²) in [7, 11) is 4.15. The normalized spacial score (nSPS) is 11.0. The second-order valence-electron chi connectivity index (χ2n) is 10.4. The summed E-state index contributed by atoms with van der Waals surface area (Å²) < 4.78 is 3.93. The number of aromatic nitrogens is 4. The molecule has 0 aliphatic heterocycles. The first kappa shape index (κ1) is 26.9. The highest BCUT2D eigenvalue weighted by Crippen LogP contribution is 2.22. The van der Waals surface area contributed by atoms with Crippen molar-refractivity contribution in [2.75, 3.05) is 26.0 Å². The summed E-state index contributed by atoms with van der Waals surface area (Å²) in [4.78, 5) is 19.8. The molecule has 7 heteroatoms. The highest BCUT2D eigenvalue weighted by atomic mass is 16.1. The second-order valence-corrected chi connectivity index (χ2v) is 10.4. The Morgan fingerprint density at radius 3 is 2.73 bits per heavy atom. The third kappa shape index (κ3) is 6.48. The number of benzene rings is 2. The Kier molecular flexibility index (Phi) is 8.09. The van der Waals surface area contributed by atoms with Crippen molar-refractivity contribution in [3.8, 4) is 11.8 Å². The number of carbonyl (C=O) groups excluding carboxylic acids is 1. The molecule has 3 aromatic heterocycles. The smallest absolute Gasteiger partial charge is 0.167 e. The van der Waals surface area contributed by atoms with Crippen molar-refractivity contribution < 1.29 is 4.79 Å². The predicted octanol–water partition coefficient (Wildman–Crippen LogP) is 5.67. The molecule has 0 atom stereocenters. The van der Waals surface area contributed by atoms with Crippen LogP contribution in [0.15, 0.2) is 79.4 Å². The Hall–Kier alpha value is -4.67. The third-order valence-electron chi connectivity index (χ3n) is 6.77. The molecule has 2 aromatic carbocycles. The first-order valence-corrected chi connectivity index (χ1v) is 13.5. The van der Waals surface area contributed by atoms with E-state index < -0.39 is 0 Å². The number of anilines is 2. The van der Waals surface area contributed by atoms with E-state index in [1.165, 1.54) is 0 Å². The summed E-state index contributed by atoms with van der Waals surface area (Å²) in [5.74, 6) is 6.63. The number of nitrogens with zero attached hydrogens (tertiary/aromatic N) is 5. The molecule has 0 aliphatic rings. The maximum absolute atomic E-state index is 13.0. The Morgan fingerprint density at radius 2 is 1.90 bits per heavy atom. The maximum Gasteiger partial charge on any atom is 0.167 e. The molecule has 0 fully saturated rings. The molecule has 3 heterocycles. The summed E-state index contributed by atoms with van der Waals surface area (Å²) in [6, 6.07) is 17.8. The van der Waals surface area contributed by atoms with Gasteiger partial charge in [-0.3, -0.25) is 13.9 Å². The topological polar surface area (TPSA) is 67.5 Å². The van der Waals surface area contributed by atoms with E-state index in [0.717, 1.165) is 64.5 Å². The van der Waals surface area contributed by atoms with Crippen LogP contribution in [0.2, 0.25) is 0 Å². The molecular formula is C33H34N6O. The second kappa shape index (κ2) is 12.0. The SMILES string of the molecule is Cc1cccc(CC(=O)c2ccc(C)c(C#Cc3cnc4c(Nc5cnn(CCCN(C)C)c5)cccn34)c2)c1. The monoisotopic (exact) mass is 530 g/mol. The van der Waals surface area contributed by atoms with Crippen molar-refractivity contribution >= 4 is 22.8 Å². The van der Waals surface area contributed by atoms with Crippen molar-refractivity contribution in [2.45, 2.75) is 33.2 Å². The number of fused-ring (bicyclic) bond motifs is 1. The van der Waals surface area contributed by atoms with Gasteiger partial charge in [0.2, 0.25) is 0 Å². The molecule has 0 bridgehead atoms.